The van der Waals surface area contributed by atoms with Gasteiger partial charge in [-0.05, 0) is 38.1 Å². The molecule has 1 amide bonds. The van der Waals surface area contributed by atoms with Crippen LogP contribution in [-0.2, 0) is 11.3 Å². The van der Waals surface area contributed by atoms with Gasteiger partial charge >= 0.3 is 0 Å². The third kappa shape index (κ3) is 2.51. The molecule has 0 fully saturated rings. The second kappa shape index (κ2) is 4.92. The van der Waals surface area contributed by atoms with E-state index in [0.29, 0.717) is 12.1 Å². The Kier molecular flexibility index (Phi) is 3.33. The summed E-state index contributed by atoms with van der Waals surface area (Å²) < 4.78 is 1.88. The third-order valence-corrected chi connectivity index (χ3v) is 2.66. The molecular formula is C14H15N3O. The molecule has 0 radical (unpaired) electrons. The number of nitriles is 1. The average Bonchev–Trinajstić information content (AvgIpc) is 2.70. The summed E-state index contributed by atoms with van der Waals surface area (Å²) in [6.07, 6.45) is 1.87. The van der Waals surface area contributed by atoms with Gasteiger partial charge in [0.2, 0.25) is 5.91 Å². The van der Waals surface area contributed by atoms with Crippen LogP contribution in [0.4, 0.5) is 0 Å². The minimum absolute atomic E-state index is 0.00754. The van der Waals surface area contributed by atoms with Gasteiger partial charge in [0, 0.05) is 23.1 Å². The van der Waals surface area contributed by atoms with Gasteiger partial charge in [0.05, 0.1) is 11.6 Å². The molecule has 1 aromatic heterocycles. The zero-order chi connectivity index (χ0) is 13.1. The largest absolute Gasteiger partial charge is 0.352 e. The number of nitrogens with zero attached hydrogens (tertiary/aromatic N) is 2. The van der Waals surface area contributed by atoms with Crippen LogP contribution in [0.25, 0.3) is 10.9 Å². The quantitative estimate of drug-likeness (QED) is 0.894. The van der Waals surface area contributed by atoms with Crippen molar-refractivity contribution < 1.29 is 4.79 Å². The Balaban J connectivity index is 2.25. The predicted molar refractivity (Wildman–Crippen MR) is 69.9 cm³/mol. The lowest BCUT2D eigenvalue weighted by molar-refractivity contribution is -0.122. The van der Waals surface area contributed by atoms with E-state index in [0.717, 1.165) is 10.9 Å². The van der Waals surface area contributed by atoms with Gasteiger partial charge in [0.15, 0.2) is 0 Å². The maximum atomic E-state index is 11.7. The molecule has 2 aromatic rings. The topological polar surface area (TPSA) is 57.8 Å². The molecule has 0 aliphatic rings. The van der Waals surface area contributed by atoms with Gasteiger partial charge < -0.3 is 9.88 Å². The number of benzene rings is 1. The molecule has 0 unspecified atom stereocenters. The second-order valence-corrected chi connectivity index (χ2v) is 4.55. The first-order chi connectivity index (χ1) is 8.60. The van der Waals surface area contributed by atoms with Crippen molar-refractivity contribution in [2.24, 2.45) is 0 Å². The number of nitrogens with one attached hydrogen (secondary N) is 1. The van der Waals surface area contributed by atoms with Crippen molar-refractivity contribution in [1.29, 1.82) is 5.26 Å². The summed E-state index contributed by atoms with van der Waals surface area (Å²) in [7, 11) is 0. The first kappa shape index (κ1) is 12.2. The normalized spacial score (nSPS) is 10.6. The van der Waals surface area contributed by atoms with Gasteiger partial charge in [-0.1, -0.05) is 0 Å². The highest BCUT2D eigenvalue weighted by Crippen LogP contribution is 2.17. The van der Waals surface area contributed by atoms with E-state index in [4.69, 9.17) is 5.26 Å². The molecule has 0 atom stereocenters. The van der Waals surface area contributed by atoms with E-state index >= 15 is 0 Å². The Bertz CT molecular complexity index is 619. The standard InChI is InChI=1S/C14H15N3O/c1-10(2)16-14(18)9-17-6-5-12-7-11(8-15)3-4-13(12)17/h3-7,10H,9H2,1-2H3,(H,16,18). The Labute approximate surface area is 106 Å². The van der Waals surface area contributed by atoms with Crippen molar-refractivity contribution >= 4 is 16.8 Å². The summed E-state index contributed by atoms with van der Waals surface area (Å²) in [5, 5.41) is 12.7. The molecule has 92 valence electrons. The van der Waals surface area contributed by atoms with Crippen LogP contribution >= 0.6 is 0 Å². The minimum atomic E-state index is -0.00754. The van der Waals surface area contributed by atoms with Crippen molar-refractivity contribution in [2.75, 3.05) is 0 Å². The summed E-state index contributed by atoms with van der Waals surface area (Å²) in [6.45, 7) is 4.17. The van der Waals surface area contributed by atoms with Crippen LogP contribution in [0.5, 0.6) is 0 Å². The number of aromatic nitrogens is 1. The number of hydrogen-bond donors (Lipinski definition) is 1. The van der Waals surface area contributed by atoms with Gasteiger partial charge in [-0.15, -0.1) is 0 Å². The van der Waals surface area contributed by atoms with Crippen LogP contribution in [0.1, 0.15) is 19.4 Å². The maximum Gasteiger partial charge on any atom is 0.240 e. The molecule has 4 heteroatoms. The zero-order valence-corrected chi connectivity index (χ0v) is 10.5. The van der Waals surface area contributed by atoms with Crippen LogP contribution in [-0.4, -0.2) is 16.5 Å². The van der Waals surface area contributed by atoms with E-state index in [1.54, 1.807) is 6.07 Å². The van der Waals surface area contributed by atoms with Crippen molar-refractivity contribution in [3.8, 4) is 6.07 Å². The Morgan fingerprint density at radius 2 is 2.22 bits per heavy atom. The van der Waals surface area contributed by atoms with Crippen LogP contribution in [0.15, 0.2) is 30.5 Å². The number of amides is 1. The Morgan fingerprint density at radius 1 is 1.44 bits per heavy atom. The molecular weight excluding hydrogens is 226 g/mol. The van der Waals surface area contributed by atoms with Crippen molar-refractivity contribution in [3.05, 3.63) is 36.0 Å². The average molecular weight is 241 g/mol. The molecule has 2 rings (SSSR count). The summed E-state index contributed by atoms with van der Waals surface area (Å²) in [5.74, 6) is -0.00754. The minimum Gasteiger partial charge on any atom is -0.352 e. The van der Waals surface area contributed by atoms with E-state index in [-0.39, 0.29) is 11.9 Å². The maximum absolute atomic E-state index is 11.7. The molecule has 18 heavy (non-hydrogen) atoms. The number of carbonyl (C=O) groups is 1. The first-order valence-electron chi connectivity index (χ1n) is 5.88. The molecule has 0 aliphatic heterocycles. The fourth-order valence-corrected chi connectivity index (χ4v) is 1.93. The van der Waals surface area contributed by atoms with E-state index < -0.39 is 0 Å². The van der Waals surface area contributed by atoms with E-state index in [1.165, 1.54) is 0 Å². The van der Waals surface area contributed by atoms with E-state index in [9.17, 15) is 4.79 Å². The summed E-state index contributed by atoms with van der Waals surface area (Å²) >= 11 is 0. The number of fused-ring (bicyclic) bond motifs is 1. The highest BCUT2D eigenvalue weighted by molar-refractivity contribution is 5.84. The molecule has 0 saturated heterocycles. The van der Waals surface area contributed by atoms with Crippen molar-refractivity contribution in [1.82, 2.24) is 9.88 Å². The third-order valence-electron chi connectivity index (χ3n) is 2.66. The van der Waals surface area contributed by atoms with E-state index in [1.807, 2.05) is 42.8 Å². The highest BCUT2D eigenvalue weighted by atomic mass is 16.2. The molecule has 0 aliphatic carbocycles. The van der Waals surface area contributed by atoms with Gasteiger partial charge in [-0.2, -0.15) is 5.26 Å². The first-order valence-corrected chi connectivity index (χ1v) is 5.88. The lowest BCUT2D eigenvalue weighted by Gasteiger charge is -2.09. The SMILES string of the molecule is CC(C)NC(=O)Cn1ccc2cc(C#N)ccc21. The molecule has 0 spiro atoms. The number of carbonyl (C=O) groups excluding carboxylic acids is 1. The van der Waals surface area contributed by atoms with Gasteiger partial charge in [0.1, 0.15) is 6.54 Å². The summed E-state index contributed by atoms with van der Waals surface area (Å²) in [5.41, 5.74) is 1.60. The number of hydrogen-bond acceptors (Lipinski definition) is 2. The van der Waals surface area contributed by atoms with Crippen LogP contribution < -0.4 is 5.32 Å². The van der Waals surface area contributed by atoms with Gasteiger partial charge in [0.25, 0.3) is 0 Å². The van der Waals surface area contributed by atoms with Crippen molar-refractivity contribution in [3.63, 3.8) is 0 Å². The fourth-order valence-electron chi connectivity index (χ4n) is 1.93. The second-order valence-electron chi connectivity index (χ2n) is 4.55. The van der Waals surface area contributed by atoms with Gasteiger partial charge in [-0.25, -0.2) is 0 Å². The number of rotatable bonds is 3. The molecule has 0 saturated carbocycles. The predicted octanol–water partition coefficient (Wildman–Crippen LogP) is 2.04. The smallest absolute Gasteiger partial charge is 0.240 e. The molecule has 1 N–H and O–H groups in total. The highest BCUT2D eigenvalue weighted by Gasteiger charge is 2.07. The Morgan fingerprint density at radius 3 is 2.89 bits per heavy atom. The summed E-state index contributed by atoms with van der Waals surface area (Å²) in [4.78, 5) is 11.7. The summed E-state index contributed by atoms with van der Waals surface area (Å²) in [6, 6.07) is 9.63. The van der Waals surface area contributed by atoms with E-state index in [2.05, 4.69) is 11.4 Å². The van der Waals surface area contributed by atoms with Crippen LogP contribution in [0.2, 0.25) is 0 Å². The van der Waals surface area contributed by atoms with Gasteiger partial charge in [-0.3, -0.25) is 4.79 Å². The molecule has 1 aromatic carbocycles. The fraction of sp³-hybridized carbons (Fsp3) is 0.286. The van der Waals surface area contributed by atoms with Crippen LogP contribution in [0.3, 0.4) is 0 Å². The lowest BCUT2D eigenvalue weighted by atomic mass is 10.2. The Hall–Kier alpha value is -2.28. The molecule has 1 heterocycles. The molecule has 0 bridgehead atoms. The molecule has 4 nitrogen and oxygen atoms in total. The zero-order valence-electron chi connectivity index (χ0n) is 10.5. The lowest BCUT2D eigenvalue weighted by Crippen LogP contribution is -2.32. The van der Waals surface area contributed by atoms with Crippen LogP contribution in [0, 0.1) is 11.3 Å². The monoisotopic (exact) mass is 241 g/mol. The van der Waals surface area contributed by atoms with Crippen molar-refractivity contribution in [2.45, 2.75) is 26.4 Å².